The van der Waals surface area contributed by atoms with E-state index in [9.17, 15) is 22.8 Å². The molecule has 10 heteroatoms. The van der Waals surface area contributed by atoms with Crippen molar-refractivity contribution in [2.24, 2.45) is 0 Å². The molecule has 0 radical (unpaired) electrons. The van der Waals surface area contributed by atoms with Gasteiger partial charge in [0.15, 0.2) is 6.61 Å². The Balaban J connectivity index is 2.01. The molecular weight excluding hydrogens is 412 g/mol. The minimum absolute atomic E-state index is 0.0630. The molecule has 30 heavy (non-hydrogen) atoms. The maximum absolute atomic E-state index is 12.4. The Kier molecular flexibility index (Phi) is 7.30. The summed E-state index contributed by atoms with van der Waals surface area (Å²) >= 11 is 0. The van der Waals surface area contributed by atoms with E-state index in [-0.39, 0.29) is 21.7 Å². The SMILES string of the molecule is COC(=O)c1ccc(C(=O)OCC(=O)Nc2ccc(C)c(S(=O)(=O)N(C)C)c2)cc1. The van der Waals surface area contributed by atoms with Crippen LogP contribution in [0.15, 0.2) is 47.4 Å². The number of ether oxygens (including phenoxy) is 2. The highest BCUT2D eigenvalue weighted by atomic mass is 32.2. The zero-order chi connectivity index (χ0) is 22.5. The first-order valence-corrected chi connectivity index (χ1v) is 10.2. The maximum Gasteiger partial charge on any atom is 0.338 e. The van der Waals surface area contributed by atoms with E-state index in [4.69, 9.17) is 4.74 Å². The predicted molar refractivity (Wildman–Crippen MR) is 109 cm³/mol. The number of hydrogen-bond donors (Lipinski definition) is 1. The number of rotatable bonds is 7. The minimum Gasteiger partial charge on any atom is -0.465 e. The maximum atomic E-state index is 12.4. The lowest BCUT2D eigenvalue weighted by molar-refractivity contribution is -0.119. The number of nitrogens with one attached hydrogen (secondary N) is 1. The van der Waals surface area contributed by atoms with Gasteiger partial charge in [0.1, 0.15) is 0 Å². The van der Waals surface area contributed by atoms with Gasteiger partial charge in [0.2, 0.25) is 10.0 Å². The van der Waals surface area contributed by atoms with E-state index in [1.165, 1.54) is 51.5 Å². The Labute approximate surface area is 174 Å². The molecule has 0 aromatic heterocycles. The van der Waals surface area contributed by atoms with E-state index < -0.39 is 34.5 Å². The van der Waals surface area contributed by atoms with Crippen LogP contribution in [0.1, 0.15) is 26.3 Å². The van der Waals surface area contributed by atoms with E-state index in [1.54, 1.807) is 19.1 Å². The Morgan fingerprint density at radius 2 is 1.53 bits per heavy atom. The van der Waals surface area contributed by atoms with Crippen LogP contribution in [-0.4, -0.2) is 58.4 Å². The summed E-state index contributed by atoms with van der Waals surface area (Å²) in [6.07, 6.45) is 0. The van der Waals surface area contributed by atoms with Gasteiger partial charge in [-0.2, -0.15) is 0 Å². The van der Waals surface area contributed by atoms with E-state index in [0.29, 0.717) is 5.56 Å². The van der Waals surface area contributed by atoms with Crippen molar-refractivity contribution in [2.45, 2.75) is 11.8 Å². The monoisotopic (exact) mass is 434 g/mol. The van der Waals surface area contributed by atoms with Crippen LogP contribution in [0.5, 0.6) is 0 Å². The lowest BCUT2D eigenvalue weighted by Gasteiger charge is -2.15. The Morgan fingerprint density at radius 3 is 2.07 bits per heavy atom. The summed E-state index contributed by atoms with van der Waals surface area (Å²) in [6, 6.07) is 10.0. The van der Waals surface area contributed by atoms with Crippen molar-refractivity contribution in [1.82, 2.24) is 4.31 Å². The number of nitrogens with zero attached hydrogens (tertiary/aromatic N) is 1. The fourth-order valence-corrected chi connectivity index (χ4v) is 3.57. The molecule has 0 bridgehead atoms. The van der Waals surface area contributed by atoms with E-state index >= 15 is 0 Å². The zero-order valence-electron chi connectivity index (χ0n) is 17.0. The van der Waals surface area contributed by atoms with Crippen molar-refractivity contribution >= 4 is 33.6 Å². The molecule has 9 nitrogen and oxygen atoms in total. The molecule has 2 aromatic rings. The second-order valence-electron chi connectivity index (χ2n) is 6.46. The molecule has 1 amide bonds. The summed E-state index contributed by atoms with van der Waals surface area (Å²) < 4.78 is 35.3. The number of hydrogen-bond acceptors (Lipinski definition) is 7. The molecule has 160 valence electrons. The van der Waals surface area contributed by atoms with Gasteiger partial charge in [0, 0.05) is 19.8 Å². The fraction of sp³-hybridized carbons (Fsp3) is 0.250. The van der Waals surface area contributed by atoms with Crippen molar-refractivity contribution in [3.8, 4) is 0 Å². The number of methoxy groups -OCH3 is 1. The molecular formula is C20H22N2O7S. The Hall–Kier alpha value is -3.24. The second kappa shape index (κ2) is 9.51. The molecule has 0 heterocycles. The average Bonchev–Trinajstić information content (AvgIpc) is 2.72. The van der Waals surface area contributed by atoms with Crippen molar-refractivity contribution in [1.29, 1.82) is 0 Å². The molecule has 0 aliphatic carbocycles. The number of amides is 1. The minimum atomic E-state index is -3.68. The standard InChI is InChI=1S/C20H22N2O7S/c1-13-5-10-16(11-17(13)30(26,27)22(2)3)21-18(23)12-29-20(25)15-8-6-14(7-9-15)19(24)28-4/h5-11H,12H2,1-4H3,(H,21,23). The molecule has 0 saturated heterocycles. The summed E-state index contributed by atoms with van der Waals surface area (Å²) in [5.41, 5.74) is 1.22. The van der Waals surface area contributed by atoms with Crippen LogP contribution in [0.2, 0.25) is 0 Å². The first kappa shape index (κ1) is 23.0. The lowest BCUT2D eigenvalue weighted by atomic mass is 10.1. The molecule has 2 rings (SSSR count). The predicted octanol–water partition coefficient (Wildman–Crippen LogP) is 1.83. The number of esters is 2. The second-order valence-corrected chi connectivity index (χ2v) is 8.58. The third-order valence-electron chi connectivity index (χ3n) is 4.11. The van der Waals surface area contributed by atoms with Gasteiger partial charge in [0.05, 0.1) is 23.1 Å². The van der Waals surface area contributed by atoms with Gasteiger partial charge in [-0.1, -0.05) is 6.07 Å². The van der Waals surface area contributed by atoms with Crippen molar-refractivity contribution in [3.63, 3.8) is 0 Å². The van der Waals surface area contributed by atoms with Crippen LogP contribution in [0.4, 0.5) is 5.69 Å². The van der Waals surface area contributed by atoms with Gasteiger partial charge in [-0.15, -0.1) is 0 Å². The van der Waals surface area contributed by atoms with Gasteiger partial charge in [-0.25, -0.2) is 22.3 Å². The normalized spacial score (nSPS) is 11.1. The average molecular weight is 434 g/mol. The van der Waals surface area contributed by atoms with Crippen LogP contribution >= 0.6 is 0 Å². The van der Waals surface area contributed by atoms with Crippen molar-refractivity contribution < 1.29 is 32.3 Å². The molecule has 0 spiro atoms. The Bertz CT molecular complexity index is 1060. The first-order valence-electron chi connectivity index (χ1n) is 8.74. The number of anilines is 1. The summed E-state index contributed by atoms with van der Waals surface area (Å²) in [6.45, 7) is 1.08. The fourth-order valence-electron chi connectivity index (χ4n) is 2.42. The molecule has 0 saturated carbocycles. The topological polar surface area (TPSA) is 119 Å². The Morgan fingerprint density at radius 1 is 0.967 bits per heavy atom. The first-order chi connectivity index (χ1) is 14.1. The summed E-state index contributed by atoms with van der Waals surface area (Å²) in [7, 11) is 0.398. The molecule has 0 aliphatic heterocycles. The highest BCUT2D eigenvalue weighted by Crippen LogP contribution is 2.22. The van der Waals surface area contributed by atoms with Gasteiger partial charge in [-0.3, -0.25) is 4.79 Å². The van der Waals surface area contributed by atoms with Crippen LogP contribution in [0.25, 0.3) is 0 Å². The van der Waals surface area contributed by atoms with Crippen molar-refractivity contribution in [2.75, 3.05) is 33.1 Å². The third kappa shape index (κ3) is 5.43. The van der Waals surface area contributed by atoms with E-state index in [0.717, 1.165) is 4.31 Å². The largest absolute Gasteiger partial charge is 0.465 e. The number of carbonyl (C=O) groups excluding carboxylic acids is 3. The van der Waals surface area contributed by atoms with E-state index in [2.05, 4.69) is 10.1 Å². The lowest BCUT2D eigenvalue weighted by Crippen LogP contribution is -2.24. The number of sulfonamides is 1. The van der Waals surface area contributed by atoms with Crippen LogP contribution < -0.4 is 5.32 Å². The van der Waals surface area contributed by atoms with Crippen LogP contribution in [0, 0.1) is 6.92 Å². The summed E-state index contributed by atoms with van der Waals surface area (Å²) in [4.78, 5) is 35.6. The van der Waals surface area contributed by atoms with E-state index in [1.807, 2.05) is 0 Å². The van der Waals surface area contributed by atoms with Gasteiger partial charge in [-0.05, 0) is 48.9 Å². The number of carbonyl (C=O) groups is 3. The van der Waals surface area contributed by atoms with Crippen LogP contribution in [0.3, 0.4) is 0 Å². The smallest absolute Gasteiger partial charge is 0.338 e. The quantitative estimate of drug-likeness (QED) is 0.660. The molecule has 0 fully saturated rings. The van der Waals surface area contributed by atoms with Gasteiger partial charge >= 0.3 is 11.9 Å². The summed E-state index contributed by atoms with van der Waals surface area (Å²) in [5.74, 6) is -1.92. The van der Waals surface area contributed by atoms with Gasteiger partial charge in [0.25, 0.3) is 5.91 Å². The number of benzene rings is 2. The summed E-state index contributed by atoms with van der Waals surface area (Å²) in [5, 5.41) is 2.50. The molecule has 1 N–H and O–H groups in total. The van der Waals surface area contributed by atoms with Gasteiger partial charge < -0.3 is 14.8 Å². The molecule has 0 atom stereocenters. The van der Waals surface area contributed by atoms with Crippen molar-refractivity contribution in [3.05, 3.63) is 59.2 Å². The number of aryl methyl sites for hydroxylation is 1. The highest BCUT2D eigenvalue weighted by Gasteiger charge is 2.20. The zero-order valence-corrected chi connectivity index (χ0v) is 17.8. The molecule has 0 aliphatic rings. The third-order valence-corrected chi connectivity index (χ3v) is 6.06. The molecule has 2 aromatic carbocycles. The molecule has 0 unspecified atom stereocenters. The highest BCUT2D eigenvalue weighted by molar-refractivity contribution is 7.89. The van der Waals surface area contributed by atoms with Crippen LogP contribution in [-0.2, 0) is 24.3 Å².